The van der Waals surface area contributed by atoms with Crippen molar-refractivity contribution in [2.24, 2.45) is 5.92 Å². The number of hydrogen-bond donors (Lipinski definition) is 1. The number of rotatable bonds is 4. The molecule has 0 bridgehead atoms. The van der Waals surface area contributed by atoms with Gasteiger partial charge in [0.05, 0.1) is 12.0 Å². The van der Waals surface area contributed by atoms with Crippen LogP contribution >= 0.6 is 11.6 Å². The molecule has 2 aliphatic rings. The molecule has 0 spiro atoms. The van der Waals surface area contributed by atoms with Gasteiger partial charge in [0.2, 0.25) is 11.8 Å². The van der Waals surface area contributed by atoms with Crippen molar-refractivity contribution in [2.45, 2.75) is 51.1 Å². The van der Waals surface area contributed by atoms with Crippen LogP contribution in [0.5, 0.6) is 0 Å². The molecule has 1 fully saturated rings. The first kappa shape index (κ1) is 21.4. The van der Waals surface area contributed by atoms with Crippen molar-refractivity contribution in [2.75, 3.05) is 13.2 Å². The molecule has 2 heterocycles. The van der Waals surface area contributed by atoms with Crippen LogP contribution in [0.15, 0.2) is 36.4 Å². The number of benzene rings is 1. The lowest BCUT2D eigenvalue weighted by Crippen LogP contribution is -2.39. The van der Waals surface area contributed by atoms with Crippen LogP contribution in [0.2, 0.25) is 5.02 Å². The van der Waals surface area contributed by atoms with Gasteiger partial charge in [0, 0.05) is 31.0 Å². The van der Waals surface area contributed by atoms with Gasteiger partial charge in [-0.05, 0) is 43.4 Å². The lowest BCUT2D eigenvalue weighted by atomic mass is 10.00. The second-order valence-electron chi connectivity index (χ2n) is 7.56. The summed E-state index contributed by atoms with van der Waals surface area (Å²) < 4.78 is 5.51. The van der Waals surface area contributed by atoms with Gasteiger partial charge in [-0.25, -0.2) is 0 Å². The summed E-state index contributed by atoms with van der Waals surface area (Å²) in [6.45, 7) is 1.31. The summed E-state index contributed by atoms with van der Waals surface area (Å²) in [5.41, 5.74) is 0.940. The highest BCUT2D eigenvalue weighted by atomic mass is 35.5. The van der Waals surface area contributed by atoms with Crippen LogP contribution in [0.1, 0.15) is 44.1 Å². The third-order valence-corrected chi connectivity index (χ3v) is 5.65. The zero-order valence-corrected chi connectivity index (χ0v) is 17.2. The minimum Gasteiger partial charge on any atom is -0.463 e. The van der Waals surface area contributed by atoms with Crippen LogP contribution in [0.25, 0.3) is 0 Å². The Morgan fingerprint density at radius 1 is 1.21 bits per heavy atom. The fourth-order valence-electron chi connectivity index (χ4n) is 3.72. The minimum absolute atomic E-state index is 0.0470. The van der Waals surface area contributed by atoms with Gasteiger partial charge in [0.1, 0.15) is 6.61 Å². The van der Waals surface area contributed by atoms with Crippen LogP contribution in [0.3, 0.4) is 0 Å². The van der Waals surface area contributed by atoms with Crippen LogP contribution in [0.4, 0.5) is 0 Å². The van der Waals surface area contributed by atoms with E-state index in [0.717, 1.165) is 24.9 Å². The summed E-state index contributed by atoms with van der Waals surface area (Å²) in [4.78, 5) is 39.1. The minimum atomic E-state index is -0.526. The van der Waals surface area contributed by atoms with Crippen LogP contribution in [-0.4, -0.2) is 41.9 Å². The second-order valence-corrected chi connectivity index (χ2v) is 8.00. The van der Waals surface area contributed by atoms with E-state index >= 15 is 0 Å². The molecule has 0 unspecified atom stereocenters. The fraction of sp³-hybridized carbons (Fsp3) is 0.500. The average Bonchev–Trinajstić information content (AvgIpc) is 3.18. The molecule has 0 radical (unpaired) electrons. The summed E-state index contributed by atoms with van der Waals surface area (Å²) in [5.74, 6) is -0.982. The molecule has 2 aliphatic heterocycles. The van der Waals surface area contributed by atoms with Crippen LogP contribution in [0, 0.1) is 5.92 Å². The van der Waals surface area contributed by atoms with Crippen molar-refractivity contribution in [3.8, 4) is 0 Å². The normalized spacial score (nSPS) is 24.1. The van der Waals surface area contributed by atoms with E-state index in [4.69, 9.17) is 16.3 Å². The molecule has 1 aromatic rings. The van der Waals surface area contributed by atoms with Crippen molar-refractivity contribution in [3.05, 3.63) is 47.0 Å². The Morgan fingerprint density at radius 3 is 2.79 bits per heavy atom. The quantitative estimate of drug-likeness (QED) is 0.601. The highest BCUT2D eigenvalue weighted by molar-refractivity contribution is 6.30. The Hall–Kier alpha value is -2.34. The number of cyclic esters (lactones) is 1. The van der Waals surface area contributed by atoms with Crippen molar-refractivity contribution in [1.29, 1.82) is 0 Å². The molecule has 1 N–H and O–H groups in total. The molecule has 0 aliphatic carbocycles. The number of halogens is 1. The smallest absolute Gasteiger partial charge is 0.309 e. The maximum absolute atomic E-state index is 12.6. The predicted octanol–water partition coefficient (Wildman–Crippen LogP) is 3.24. The highest BCUT2D eigenvalue weighted by Gasteiger charge is 2.31. The number of nitrogens with one attached hydrogen (secondary N) is 1. The third-order valence-electron chi connectivity index (χ3n) is 5.40. The lowest BCUT2D eigenvalue weighted by Gasteiger charge is -2.25. The zero-order valence-electron chi connectivity index (χ0n) is 16.4. The average molecular weight is 419 g/mol. The number of allylic oxidation sites excluding steroid dienone is 2. The Labute approximate surface area is 176 Å². The Bertz CT molecular complexity index is 763. The molecule has 1 saturated heterocycles. The Morgan fingerprint density at radius 2 is 2.00 bits per heavy atom. The van der Waals surface area contributed by atoms with Gasteiger partial charge >= 0.3 is 5.97 Å². The van der Waals surface area contributed by atoms with Gasteiger partial charge in [-0.3, -0.25) is 14.4 Å². The number of carbonyl (C=O) groups is 3. The van der Waals surface area contributed by atoms with Gasteiger partial charge in [0.15, 0.2) is 0 Å². The standard InChI is InChI=1S/C22H27ClN2O4/c23-18-10-8-16(9-11-18)14-24-20(26)13-17-5-2-1-3-7-21(27)25-12-4-6-19(25)15-29-22(17)28/h1-2,8-11,17,19H,3-7,12-15H2,(H,24,26)/b2-1-/t17-,19-/m0/s1. The number of carbonyl (C=O) groups excluding carboxylic acids is 3. The van der Waals surface area contributed by atoms with E-state index in [2.05, 4.69) is 5.32 Å². The zero-order chi connectivity index (χ0) is 20.6. The van der Waals surface area contributed by atoms with Gasteiger partial charge in [-0.1, -0.05) is 35.9 Å². The van der Waals surface area contributed by atoms with E-state index in [0.29, 0.717) is 30.8 Å². The van der Waals surface area contributed by atoms with Crippen molar-refractivity contribution in [3.63, 3.8) is 0 Å². The van der Waals surface area contributed by atoms with E-state index in [9.17, 15) is 14.4 Å². The largest absolute Gasteiger partial charge is 0.463 e. The molecule has 6 nitrogen and oxygen atoms in total. The molecule has 2 amide bonds. The van der Waals surface area contributed by atoms with Crippen LogP contribution < -0.4 is 5.32 Å². The highest BCUT2D eigenvalue weighted by Crippen LogP contribution is 2.21. The number of amides is 2. The maximum atomic E-state index is 12.6. The number of hydrogen-bond acceptors (Lipinski definition) is 4. The maximum Gasteiger partial charge on any atom is 0.309 e. The molecular formula is C22H27ClN2O4. The summed E-state index contributed by atoms with van der Waals surface area (Å²) in [7, 11) is 0. The Balaban J connectivity index is 1.57. The first-order valence-electron chi connectivity index (χ1n) is 10.1. The molecule has 1 aromatic carbocycles. The van der Waals surface area contributed by atoms with E-state index in [-0.39, 0.29) is 36.9 Å². The molecule has 7 heteroatoms. The topological polar surface area (TPSA) is 75.7 Å². The molecule has 0 aromatic heterocycles. The summed E-state index contributed by atoms with van der Waals surface area (Å²) >= 11 is 5.87. The lowest BCUT2D eigenvalue weighted by molar-refractivity contribution is -0.153. The monoisotopic (exact) mass is 418 g/mol. The molecular weight excluding hydrogens is 392 g/mol. The van der Waals surface area contributed by atoms with E-state index in [1.54, 1.807) is 12.1 Å². The van der Waals surface area contributed by atoms with Gasteiger partial charge in [0.25, 0.3) is 0 Å². The van der Waals surface area contributed by atoms with Crippen molar-refractivity contribution in [1.82, 2.24) is 10.2 Å². The second kappa shape index (κ2) is 10.4. The van der Waals surface area contributed by atoms with Crippen molar-refractivity contribution < 1.29 is 19.1 Å². The SMILES string of the molecule is O=C(C[C@@H]1C/C=C\CCC(=O)N2CCC[C@H]2COC1=O)NCc1ccc(Cl)cc1. The van der Waals surface area contributed by atoms with E-state index in [1.165, 1.54) is 0 Å². The van der Waals surface area contributed by atoms with Crippen molar-refractivity contribution >= 4 is 29.4 Å². The number of nitrogens with zero attached hydrogens (tertiary/aromatic N) is 1. The van der Waals surface area contributed by atoms with E-state index in [1.807, 2.05) is 29.2 Å². The Kier molecular flexibility index (Phi) is 7.69. The van der Waals surface area contributed by atoms with Gasteiger partial charge in [-0.15, -0.1) is 0 Å². The van der Waals surface area contributed by atoms with Crippen LogP contribution in [-0.2, 0) is 25.7 Å². The number of fused-ring (bicyclic) bond motifs is 1. The molecule has 29 heavy (non-hydrogen) atoms. The van der Waals surface area contributed by atoms with Gasteiger partial charge in [-0.2, -0.15) is 0 Å². The summed E-state index contributed by atoms with van der Waals surface area (Å²) in [6, 6.07) is 7.20. The van der Waals surface area contributed by atoms with E-state index < -0.39 is 5.92 Å². The summed E-state index contributed by atoms with van der Waals surface area (Å²) in [5, 5.41) is 3.49. The fourth-order valence-corrected chi connectivity index (χ4v) is 3.85. The molecule has 156 valence electrons. The third kappa shape index (κ3) is 6.32. The van der Waals surface area contributed by atoms with Gasteiger partial charge < -0.3 is 15.0 Å². The first-order valence-corrected chi connectivity index (χ1v) is 10.5. The molecule has 0 saturated carbocycles. The molecule has 2 atom stereocenters. The first-order chi connectivity index (χ1) is 14.0. The predicted molar refractivity (Wildman–Crippen MR) is 110 cm³/mol. The number of esters is 1. The number of ether oxygens (including phenoxy) is 1. The molecule has 3 rings (SSSR count). The summed E-state index contributed by atoms with van der Waals surface area (Å²) in [6.07, 6.45) is 7.17.